The molecule has 0 amide bonds. The number of allylic oxidation sites excluding steroid dienone is 4. The van der Waals surface area contributed by atoms with Crippen LogP contribution in [0.5, 0.6) is 0 Å². The summed E-state index contributed by atoms with van der Waals surface area (Å²) in [6.45, 7) is 2.25. The van der Waals surface area contributed by atoms with E-state index >= 15 is 0 Å². The molecule has 0 radical (unpaired) electrons. The Hall–Kier alpha value is -1.90. The molecule has 102 valence electrons. The van der Waals surface area contributed by atoms with Gasteiger partial charge in [-0.25, -0.2) is 4.68 Å². The summed E-state index contributed by atoms with van der Waals surface area (Å²) in [4.78, 5) is 0. The SMILES string of the molecule is CC1=CC(n2nnc3ccccc32)CC=C1C1CCC1. The maximum atomic E-state index is 4.35. The lowest BCUT2D eigenvalue weighted by Gasteiger charge is -2.32. The molecular formula is C17H19N3. The number of hydrogen-bond acceptors (Lipinski definition) is 2. The van der Waals surface area contributed by atoms with Crippen LogP contribution in [0.25, 0.3) is 11.0 Å². The summed E-state index contributed by atoms with van der Waals surface area (Å²) in [5.41, 5.74) is 5.12. The maximum absolute atomic E-state index is 4.35. The van der Waals surface area contributed by atoms with E-state index in [0.717, 1.165) is 23.4 Å². The first-order chi connectivity index (χ1) is 9.83. The second-order valence-electron chi connectivity index (χ2n) is 5.96. The van der Waals surface area contributed by atoms with E-state index in [2.05, 4.69) is 46.2 Å². The van der Waals surface area contributed by atoms with E-state index in [1.54, 1.807) is 5.57 Å². The van der Waals surface area contributed by atoms with Crippen LogP contribution < -0.4 is 0 Å². The third kappa shape index (κ3) is 1.80. The van der Waals surface area contributed by atoms with Gasteiger partial charge in [0.1, 0.15) is 5.52 Å². The minimum atomic E-state index is 0.311. The van der Waals surface area contributed by atoms with Gasteiger partial charge in [0.2, 0.25) is 0 Å². The van der Waals surface area contributed by atoms with Gasteiger partial charge in [0, 0.05) is 0 Å². The highest BCUT2D eigenvalue weighted by Gasteiger charge is 2.26. The molecule has 1 aromatic heterocycles. The smallest absolute Gasteiger partial charge is 0.113 e. The summed E-state index contributed by atoms with van der Waals surface area (Å²) in [5.74, 6) is 0.819. The molecule has 20 heavy (non-hydrogen) atoms. The first-order valence-electron chi connectivity index (χ1n) is 7.52. The number of aromatic nitrogens is 3. The molecule has 2 aliphatic rings. The molecule has 0 bridgehead atoms. The van der Waals surface area contributed by atoms with Crippen molar-refractivity contribution in [1.29, 1.82) is 0 Å². The molecule has 0 aliphatic heterocycles. The van der Waals surface area contributed by atoms with Crippen LogP contribution in [-0.2, 0) is 0 Å². The molecule has 0 spiro atoms. The zero-order valence-electron chi connectivity index (χ0n) is 11.8. The molecule has 0 saturated heterocycles. The van der Waals surface area contributed by atoms with Crippen molar-refractivity contribution in [3.8, 4) is 0 Å². The minimum Gasteiger partial charge on any atom is -0.237 e. The number of hydrogen-bond donors (Lipinski definition) is 0. The summed E-state index contributed by atoms with van der Waals surface area (Å²) in [6, 6.07) is 8.50. The van der Waals surface area contributed by atoms with E-state index in [1.165, 1.54) is 24.8 Å². The quantitative estimate of drug-likeness (QED) is 0.820. The molecule has 1 aromatic carbocycles. The fourth-order valence-corrected chi connectivity index (χ4v) is 3.37. The van der Waals surface area contributed by atoms with Gasteiger partial charge in [-0.05, 0) is 55.4 Å². The second kappa shape index (κ2) is 4.58. The Morgan fingerprint density at radius 2 is 2.05 bits per heavy atom. The van der Waals surface area contributed by atoms with Gasteiger partial charge in [-0.15, -0.1) is 5.10 Å². The maximum Gasteiger partial charge on any atom is 0.113 e. The molecule has 1 heterocycles. The number of benzene rings is 1. The topological polar surface area (TPSA) is 30.7 Å². The molecule has 2 aromatic rings. The lowest BCUT2D eigenvalue weighted by molar-refractivity contribution is 0.366. The van der Waals surface area contributed by atoms with Crippen molar-refractivity contribution in [1.82, 2.24) is 15.0 Å². The van der Waals surface area contributed by atoms with Crippen LogP contribution >= 0.6 is 0 Å². The van der Waals surface area contributed by atoms with Crippen molar-refractivity contribution in [2.75, 3.05) is 0 Å². The number of para-hydroxylation sites is 1. The molecule has 1 saturated carbocycles. The highest BCUT2D eigenvalue weighted by Crippen LogP contribution is 2.40. The summed E-state index contributed by atoms with van der Waals surface area (Å²) in [5, 5.41) is 8.61. The van der Waals surface area contributed by atoms with Gasteiger partial charge < -0.3 is 0 Å². The van der Waals surface area contributed by atoms with E-state index < -0.39 is 0 Å². The summed E-state index contributed by atoms with van der Waals surface area (Å²) < 4.78 is 2.06. The molecule has 4 rings (SSSR count). The van der Waals surface area contributed by atoms with Crippen molar-refractivity contribution in [3.05, 3.63) is 47.6 Å². The van der Waals surface area contributed by atoms with Gasteiger partial charge in [0.05, 0.1) is 11.6 Å². The molecular weight excluding hydrogens is 246 g/mol. The van der Waals surface area contributed by atoms with Gasteiger partial charge in [-0.3, -0.25) is 0 Å². The Bertz CT molecular complexity index is 704. The monoisotopic (exact) mass is 265 g/mol. The molecule has 0 N–H and O–H groups in total. The van der Waals surface area contributed by atoms with Crippen LogP contribution in [0.2, 0.25) is 0 Å². The summed E-state index contributed by atoms with van der Waals surface area (Å²) in [6.07, 6.45) is 9.97. The van der Waals surface area contributed by atoms with Crippen LogP contribution in [-0.4, -0.2) is 15.0 Å². The Morgan fingerprint density at radius 1 is 1.20 bits per heavy atom. The Balaban J connectivity index is 1.66. The molecule has 3 nitrogen and oxygen atoms in total. The second-order valence-corrected chi connectivity index (χ2v) is 5.96. The van der Waals surface area contributed by atoms with Crippen LogP contribution in [0.15, 0.2) is 47.6 Å². The molecule has 1 fully saturated rings. The normalized spacial score (nSPS) is 23.4. The third-order valence-corrected chi connectivity index (χ3v) is 4.71. The molecule has 2 aliphatic carbocycles. The van der Waals surface area contributed by atoms with E-state index in [4.69, 9.17) is 0 Å². The lowest BCUT2D eigenvalue weighted by atomic mass is 9.75. The zero-order valence-corrected chi connectivity index (χ0v) is 11.8. The highest BCUT2D eigenvalue weighted by atomic mass is 15.4. The predicted octanol–water partition coefficient (Wildman–Crippen LogP) is 4.05. The largest absolute Gasteiger partial charge is 0.237 e. The average molecular weight is 265 g/mol. The minimum absolute atomic E-state index is 0.311. The highest BCUT2D eigenvalue weighted by molar-refractivity contribution is 5.74. The van der Waals surface area contributed by atoms with Gasteiger partial charge in [0.25, 0.3) is 0 Å². The molecule has 3 heteroatoms. The Morgan fingerprint density at radius 3 is 2.80 bits per heavy atom. The predicted molar refractivity (Wildman–Crippen MR) is 80.4 cm³/mol. The van der Waals surface area contributed by atoms with Crippen LogP contribution in [0, 0.1) is 5.92 Å². The first-order valence-corrected chi connectivity index (χ1v) is 7.52. The van der Waals surface area contributed by atoms with Crippen molar-refractivity contribution < 1.29 is 0 Å². The molecule has 1 atom stereocenters. The average Bonchev–Trinajstić information content (AvgIpc) is 2.83. The molecule has 1 unspecified atom stereocenters. The van der Waals surface area contributed by atoms with Crippen molar-refractivity contribution in [2.24, 2.45) is 5.92 Å². The van der Waals surface area contributed by atoms with Gasteiger partial charge in [0.15, 0.2) is 0 Å². The van der Waals surface area contributed by atoms with Gasteiger partial charge in [-0.2, -0.15) is 0 Å². The zero-order chi connectivity index (χ0) is 13.5. The third-order valence-electron chi connectivity index (χ3n) is 4.71. The van der Waals surface area contributed by atoms with Crippen LogP contribution in [0.3, 0.4) is 0 Å². The fraction of sp³-hybridized carbons (Fsp3) is 0.412. The summed E-state index contributed by atoms with van der Waals surface area (Å²) in [7, 11) is 0. The van der Waals surface area contributed by atoms with E-state index in [0.29, 0.717) is 6.04 Å². The van der Waals surface area contributed by atoms with E-state index in [9.17, 15) is 0 Å². The van der Waals surface area contributed by atoms with Crippen LogP contribution in [0.4, 0.5) is 0 Å². The van der Waals surface area contributed by atoms with E-state index in [-0.39, 0.29) is 0 Å². The Kier molecular flexibility index (Phi) is 2.72. The standard InChI is InChI=1S/C17H19N3/c1-12-11-14(9-10-15(12)13-5-4-6-13)20-17-8-3-2-7-16(17)18-19-20/h2-3,7-8,10-11,13-14H,4-6,9H2,1H3. The number of fused-ring (bicyclic) bond motifs is 1. The fourth-order valence-electron chi connectivity index (χ4n) is 3.37. The first kappa shape index (κ1) is 11.9. The van der Waals surface area contributed by atoms with Crippen molar-refractivity contribution in [3.63, 3.8) is 0 Å². The summed E-state index contributed by atoms with van der Waals surface area (Å²) >= 11 is 0. The van der Waals surface area contributed by atoms with Gasteiger partial charge >= 0.3 is 0 Å². The van der Waals surface area contributed by atoms with Crippen molar-refractivity contribution >= 4 is 11.0 Å². The number of rotatable bonds is 2. The Labute approximate surface area is 119 Å². The van der Waals surface area contributed by atoms with Crippen molar-refractivity contribution in [2.45, 2.75) is 38.6 Å². The van der Waals surface area contributed by atoms with Gasteiger partial charge in [-0.1, -0.05) is 35.9 Å². The van der Waals surface area contributed by atoms with E-state index in [1.807, 2.05) is 12.1 Å². The van der Waals surface area contributed by atoms with Crippen LogP contribution in [0.1, 0.15) is 38.6 Å². The lowest BCUT2D eigenvalue weighted by Crippen LogP contribution is -2.19. The number of nitrogens with zero attached hydrogens (tertiary/aromatic N) is 3.